The van der Waals surface area contributed by atoms with E-state index in [-0.39, 0.29) is 0 Å². The second kappa shape index (κ2) is 14.4. The van der Waals surface area contributed by atoms with Crippen molar-refractivity contribution in [2.75, 3.05) is 0 Å². The van der Waals surface area contributed by atoms with E-state index in [0.717, 1.165) is 66.2 Å². The first-order valence-electron chi connectivity index (χ1n) is 21.4. The van der Waals surface area contributed by atoms with Crippen LogP contribution < -0.4 is 5.73 Å². The standard InChI is InChI=1S/C57H36N4O2S/c58-56(43-22-13-21-41-40-19-6-10-25-48(40)63-55(41)43)60-57(34-14-2-1-3-15-34)59-33-36-16-12-26-50-53(36)45-30-35(28-29-49(45)62-50)44-31-37(32-52-54(44)42-20-7-11-27-51(42)64-52)61-46-23-8-4-17-38(46)39-18-5-9-24-47(39)61/h1-32H,33H2,(H2,58,59,60). The summed E-state index contributed by atoms with van der Waals surface area (Å²) < 4.78 is 17.8. The largest absolute Gasteiger partial charge is 0.456 e. The molecule has 0 bridgehead atoms. The van der Waals surface area contributed by atoms with Crippen LogP contribution in [0.15, 0.2) is 213 Å². The summed E-state index contributed by atoms with van der Waals surface area (Å²) in [5.41, 5.74) is 18.4. The highest BCUT2D eigenvalue weighted by atomic mass is 32.1. The van der Waals surface area contributed by atoms with Gasteiger partial charge >= 0.3 is 0 Å². The fourth-order valence-electron chi connectivity index (χ4n) is 9.66. The number of nitrogens with zero attached hydrogens (tertiary/aromatic N) is 3. The van der Waals surface area contributed by atoms with Crippen molar-refractivity contribution in [3.63, 3.8) is 0 Å². The number of aliphatic imine (C=N–C) groups is 2. The quantitative estimate of drug-likeness (QED) is 0.134. The minimum atomic E-state index is 0.333. The molecular formula is C57H36N4O2S. The third-order valence-electron chi connectivity index (χ3n) is 12.5. The van der Waals surface area contributed by atoms with E-state index in [1.807, 2.05) is 84.1 Å². The molecule has 64 heavy (non-hydrogen) atoms. The Hall–Kier alpha value is -8.26. The van der Waals surface area contributed by atoms with Crippen LogP contribution in [0.3, 0.4) is 0 Å². The van der Waals surface area contributed by atoms with Crippen LogP contribution >= 0.6 is 11.3 Å². The fourth-order valence-corrected chi connectivity index (χ4v) is 10.8. The van der Waals surface area contributed by atoms with Gasteiger partial charge in [0.15, 0.2) is 5.84 Å². The van der Waals surface area contributed by atoms with Crippen LogP contribution in [0.25, 0.3) is 103 Å². The van der Waals surface area contributed by atoms with Crippen molar-refractivity contribution < 1.29 is 8.83 Å². The van der Waals surface area contributed by atoms with Crippen LogP contribution in [0.4, 0.5) is 0 Å². The van der Waals surface area contributed by atoms with Gasteiger partial charge < -0.3 is 19.1 Å². The minimum Gasteiger partial charge on any atom is -0.456 e. The number of hydrogen-bond donors (Lipinski definition) is 1. The number of para-hydroxylation sites is 4. The molecule has 0 atom stereocenters. The Morgan fingerprint density at radius 2 is 1.19 bits per heavy atom. The molecule has 0 amide bonds. The molecule has 0 aliphatic rings. The molecule has 0 aliphatic carbocycles. The number of thiophene rings is 1. The van der Waals surface area contributed by atoms with Gasteiger partial charge in [-0.3, -0.25) is 4.99 Å². The van der Waals surface area contributed by atoms with E-state index >= 15 is 0 Å². The first-order chi connectivity index (χ1) is 31.6. The van der Waals surface area contributed by atoms with Crippen molar-refractivity contribution in [3.05, 3.63) is 211 Å². The van der Waals surface area contributed by atoms with Crippen molar-refractivity contribution >= 4 is 109 Å². The third-order valence-corrected chi connectivity index (χ3v) is 13.6. The Kier molecular flexibility index (Phi) is 8.20. The van der Waals surface area contributed by atoms with Gasteiger partial charge in [0.1, 0.15) is 28.2 Å². The summed E-state index contributed by atoms with van der Waals surface area (Å²) in [5, 5.41) is 9.09. The average molecular weight is 841 g/mol. The van der Waals surface area contributed by atoms with E-state index in [1.54, 1.807) is 0 Å². The topological polar surface area (TPSA) is 82.0 Å². The number of benzene rings is 9. The number of furan rings is 2. The summed E-state index contributed by atoms with van der Waals surface area (Å²) in [6.07, 6.45) is 0. The van der Waals surface area contributed by atoms with Crippen LogP contribution in [-0.4, -0.2) is 16.2 Å². The molecule has 2 N–H and O–H groups in total. The molecule has 4 aromatic heterocycles. The second-order valence-electron chi connectivity index (χ2n) is 16.2. The predicted octanol–water partition coefficient (Wildman–Crippen LogP) is 15.0. The van der Waals surface area contributed by atoms with Gasteiger partial charge in [0, 0.05) is 63.7 Å². The molecule has 0 fully saturated rings. The molecule has 0 saturated carbocycles. The van der Waals surface area contributed by atoms with Crippen molar-refractivity contribution in [3.8, 4) is 16.8 Å². The van der Waals surface area contributed by atoms with Crippen LogP contribution in [0.1, 0.15) is 16.7 Å². The molecule has 13 rings (SSSR count). The number of fused-ring (bicyclic) bond motifs is 12. The summed E-state index contributed by atoms with van der Waals surface area (Å²) in [6, 6.07) is 67.7. The number of rotatable bonds is 6. The zero-order valence-electron chi connectivity index (χ0n) is 34.3. The molecule has 302 valence electrons. The zero-order valence-corrected chi connectivity index (χ0v) is 35.1. The highest BCUT2D eigenvalue weighted by Crippen LogP contribution is 2.45. The van der Waals surface area contributed by atoms with Crippen molar-refractivity contribution in [1.82, 2.24) is 4.57 Å². The molecule has 0 saturated heterocycles. The Morgan fingerprint density at radius 1 is 0.516 bits per heavy atom. The van der Waals surface area contributed by atoms with E-state index in [9.17, 15) is 0 Å². The summed E-state index contributed by atoms with van der Waals surface area (Å²) in [6.45, 7) is 0.356. The van der Waals surface area contributed by atoms with Crippen LogP contribution in [0, 0.1) is 0 Å². The minimum absolute atomic E-state index is 0.333. The Balaban J connectivity index is 0.970. The number of nitrogens with two attached hydrogens (primary N) is 1. The maximum absolute atomic E-state index is 6.87. The Labute approximate surface area is 370 Å². The fraction of sp³-hybridized carbons (Fsp3) is 0.0175. The highest BCUT2D eigenvalue weighted by Gasteiger charge is 2.20. The molecule has 9 aromatic carbocycles. The van der Waals surface area contributed by atoms with Crippen LogP contribution in [0.2, 0.25) is 0 Å². The molecular weight excluding hydrogens is 805 g/mol. The van der Waals surface area contributed by atoms with E-state index in [0.29, 0.717) is 23.8 Å². The molecule has 13 aromatic rings. The molecule has 0 radical (unpaired) electrons. The number of aromatic nitrogens is 1. The van der Waals surface area contributed by atoms with Gasteiger partial charge in [-0.2, -0.15) is 0 Å². The van der Waals surface area contributed by atoms with Gasteiger partial charge in [0.25, 0.3) is 0 Å². The lowest BCUT2D eigenvalue weighted by atomic mass is 9.96. The highest BCUT2D eigenvalue weighted by molar-refractivity contribution is 7.26. The molecule has 0 unspecified atom stereocenters. The van der Waals surface area contributed by atoms with Crippen LogP contribution in [0.5, 0.6) is 0 Å². The lowest BCUT2D eigenvalue weighted by Gasteiger charge is -2.13. The SMILES string of the molecule is NC(=NC(=NCc1cccc2oc3ccc(-c4cc(-n5c6ccccc6c6ccccc65)cc5sc6ccccc6c45)cc3c12)c1ccccc1)c1cccc2c1oc1ccccc12. The van der Waals surface area contributed by atoms with Crippen LogP contribution in [-0.2, 0) is 6.54 Å². The molecule has 0 aliphatic heterocycles. The maximum Gasteiger partial charge on any atom is 0.157 e. The zero-order chi connectivity index (χ0) is 42.3. The lowest BCUT2D eigenvalue weighted by molar-refractivity contribution is 0.668. The molecule has 6 nitrogen and oxygen atoms in total. The van der Waals surface area contributed by atoms with E-state index < -0.39 is 0 Å². The predicted molar refractivity (Wildman–Crippen MR) is 268 cm³/mol. The number of hydrogen-bond acceptors (Lipinski definition) is 4. The second-order valence-corrected chi connectivity index (χ2v) is 17.3. The monoisotopic (exact) mass is 840 g/mol. The van der Waals surface area contributed by atoms with Gasteiger partial charge in [-0.1, -0.05) is 133 Å². The van der Waals surface area contributed by atoms with Crippen molar-refractivity contribution in [2.45, 2.75) is 6.54 Å². The Bertz CT molecular complexity index is 4020. The van der Waals surface area contributed by atoms with Gasteiger partial charge in [-0.15, -0.1) is 11.3 Å². The maximum atomic E-state index is 6.87. The van der Waals surface area contributed by atoms with Gasteiger partial charge in [0.05, 0.1) is 23.1 Å². The molecule has 0 spiro atoms. The van der Waals surface area contributed by atoms with Gasteiger partial charge in [-0.25, -0.2) is 4.99 Å². The van der Waals surface area contributed by atoms with Crippen molar-refractivity contribution in [2.24, 2.45) is 15.7 Å². The normalized spacial score (nSPS) is 12.7. The summed E-state index contributed by atoms with van der Waals surface area (Å²) in [5.74, 6) is 0.865. The van der Waals surface area contributed by atoms with E-state index in [1.165, 1.54) is 47.5 Å². The summed E-state index contributed by atoms with van der Waals surface area (Å²) in [4.78, 5) is 10.2. The van der Waals surface area contributed by atoms with Gasteiger partial charge in [-0.05, 0) is 77.4 Å². The summed E-state index contributed by atoms with van der Waals surface area (Å²) in [7, 11) is 0. The summed E-state index contributed by atoms with van der Waals surface area (Å²) >= 11 is 1.84. The average Bonchev–Trinajstić information content (AvgIpc) is 4.11. The molecule has 4 heterocycles. The van der Waals surface area contributed by atoms with Gasteiger partial charge in [0.2, 0.25) is 0 Å². The molecule has 7 heteroatoms. The lowest BCUT2D eigenvalue weighted by Crippen LogP contribution is -2.16. The van der Waals surface area contributed by atoms with Crippen molar-refractivity contribution in [1.29, 1.82) is 0 Å². The first-order valence-corrected chi connectivity index (χ1v) is 22.2. The van der Waals surface area contributed by atoms with E-state index in [2.05, 4.69) is 126 Å². The first kappa shape index (κ1) is 36.4. The Morgan fingerprint density at radius 3 is 2.02 bits per heavy atom. The smallest absolute Gasteiger partial charge is 0.157 e. The van der Waals surface area contributed by atoms with E-state index in [4.69, 9.17) is 24.6 Å². The number of amidine groups is 2. The third kappa shape index (κ3) is 5.71.